The van der Waals surface area contributed by atoms with Gasteiger partial charge in [-0.3, -0.25) is 0 Å². The fourth-order valence-electron chi connectivity index (χ4n) is 2.21. The highest BCUT2D eigenvalue weighted by Crippen LogP contribution is 2.21. The van der Waals surface area contributed by atoms with E-state index in [1.807, 2.05) is 6.92 Å². The molecular formula is C15H15ClN2O4S. The van der Waals surface area contributed by atoms with E-state index in [0.717, 1.165) is 10.7 Å². The number of benzene rings is 1. The van der Waals surface area contributed by atoms with Gasteiger partial charge in [0, 0.05) is 23.9 Å². The van der Waals surface area contributed by atoms with E-state index >= 15 is 0 Å². The van der Waals surface area contributed by atoms with Gasteiger partial charge in [-0.05, 0) is 30.2 Å². The zero-order chi connectivity index (χ0) is 17.2. The highest BCUT2D eigenvalue weighted by Gasteiger charge is 2.17. The second-order valence-electron chi connectivity index (χ2n) is 5.02. The van der Waals surface area contributed by atoms with E-state index in [1.54, 1.807) is 11.3 Å². The Morgan fingerprint density at radius 3 is 2.13 bits per heavy atom. The Hall–Kier alpha value is -1.61. The first-order valence-corrected chi connectivity index (χ1v) is 8.73. The molecule has 1 aromatic carbocycles. The summed E-state index contributed by atoms with van der Waals surface area (Å²) in [6, 6.07) is 10.8. The molecule has 0 fully saturated rings. The zero-order valence-corrected chi connectivity index (χ0v) is 14.4. The normalized spacial score (nSPS) is 11.3. The van der Waals surface area contributed by atoms with Crippen molar-refractivity contribution in [1.29, 1.82) is 0 Å². The molecule has 0 radical (unpaired) electrons. The quantitative estimate of drug-likeness (QED) is 0.505. The van der Waals surface area contributed by atoms with Gasteiger partial charge in [0.2, 0.25) is 0 Å². The fourth-order valence-corrected chi connectivity index (χ4v) is 3.21. The van der Waals surface area contributed by atoms with Gasteiger partial charge >= 0.3 is 4.96 Å². The Kier molecular flexibility index (Phi) is 5.30. The average molecular weight is 355 g/mol. The Bertz CT molecular complexity index is 807. The second-order valence-corrected chi connectivity index (χ2v) is 6.61. The molecule has 2 heterocycles. The molecule has 0 atom stereocenters. The van der Waals surface area contributed by atoms with E-state index < -0.39 is 10.2 Å². The maximum atomic E-state index is 8.49. The van der Waals surface area contributed by atoms with Crippen molar-refractivity contribution in [2.24, 2.45) is 0 Å². The molecule has 2 aromatic heterocycles. The molecule has 122 valence electrons. The number of nitrogens with zero attached hydrogens (tertiary/aromatic N) is 2. The van der Waals surface area contributed by atoms with E-state index in [0.29, 0.717) is 0 Å². The Balaban J connectivity index is 0.000000338. The summed E-state index contributed by atoms with van der Waals surface area (Å²) in [6.45, 7) is 6.28. The van der Waals surface area contributed by atoms with Crippen molar-refractivity contribution >= 4 is 16.3 Å². The van der Waals surface area contributed by atoms with Crippen LogP contribution in [0.3, 0.4) is 0 Å². The number of fused-ring (bicyclic) bond motifs is 1. The summed E-state index contributed by atoms with van der Waals surface area (Å²) in [5.74, 6) is 0. The maximum absolute atomic E-state index is 8.49. The van der Waals surface area contributed by atoms with Gasteiger partial charge < -0.3 is 0 Å². The van der Waals surface area contributed by atoms with Gasteiger partial charge in [-0.2, -0.15) is 4.40 Å². The molecule has 0 spiro atoms. The number of hydrogen-bond donors (Lipinski definition) is 0. The van der Waals surface area contributed by atoms with Gasteiger partial charge in [0.25, 0.3) is 0 Å². The topological polar surface area (TPSA) is 109 Å². The number of hydrogen-bond acceptors (Lipinski definition) is 6. The summed E-state index contributed by atoms with van der Waals surface area (Å²) in [5, 5.41) is 2.18. The third-order valence-electron chi connectivity index (χ3n) is 3.10. The number of aromatic nitrogens is 2. The standard InChI is InChI=1S/C15H15N2S.ClHO4/c1-10-4-6-13(7-5-10)14-9-18-15-16-11(2)8-12(3)17(14)15;2-1(3,4)5/h4-9H,1-3H3;(H,2,3,4,5)/q+1;/p-1. The van der Waals surface area contributed by atoms with Gasteiger partial charge in [0.15, 0.2) is 11.4 Å². The lowest BCUT2D eigenvalue weighted by molar-refractivity contribution is -2.00. The minimum Gasteiger partial charge on any atom is -0.222 e. The third kappa shape index (κ3) is 4.93. The van der Waals surface area contributed by atoms with E-state index in [1.165, 1.54) is 22.5 Å². The van der Waals surface area contributed by atoms with Crippen molar-refractivity contribution in [1.82, 2.24) is 4.98 Å². The SMILES string of the molecule is Cc1ccc(-c2csc3nc(C)cc(C)[n+]23)cc1.[O-][Cl+3]([O-])([O-])[O-]. The van der Waals surface area contributed by atoms with Gasteiger partial charge in [-0.1, -0.05) is 29.8 Å². The van der Waals surface area contributed by atoms with Crippen molar-refractivity contribution in [3.8, 4) is 11.3 Å². The summed E-state index contributed by atoms with van der Waals surface area (Å²) >= 11 is 1.69. The van der Waals surface area contributed by atoms with Gasteiger partial charge in [-0.25, -0.2) is 18.6 Å². The molecule has 0 saturated heterocycles. The lowest BCUT2D eigenvalue weighted by Gasteiger charge is -2.17. The van der Waals surface area contributed by atoms with Crippen LogP contribution in [-0.4, -0.2) is 4.98 Å². The molecule has 3 rings (SSSR count). The monoisotopic (exact) mass is 354 g/mol. The van der Waals surface area contributed by atoms with Crippen LogP contribution in [-0.2, 0) is 0 Å². The Morgan fingerprint density at radius 1 is 1.00 bits per heavy atom. The summed E-state index contributed by atoms with van der Waals surface area (Å²) in [6.07, 6.45) is 0. The van der Waals surface area contributed by atoms with E-state index in [9.17, 15) is 0 Å². The first-order valence-electron chi connectivity index (χ1n) is 6.61. The zero-order valence-electron chi connectivity index (χ0n) is 12.8. The highest BCUT2D eigenvalue weighted by atomic mass is 35.7. The van der Waals surface area contributed by atoms with Crippen molar-refractivity contribution in [2.45, 2.75) is 20.8 Å². The molecule has 0 bridgehead atoms. The van der Waals surface area contributed by atoms with Crippen LogP contribution in [0.15, 0.2) is 35.7 Å². The molecule has 0 aliphatic heterocycles. The number of thiazole rings is 1. The lowest BCUT2D eigenvalue weighted by Crippen LogP contribution is -2.68. The minimum absolute atomic E-state index is 1.06. The summed E-state index contributed by atoms with van der Waals surface area (Å²) in [7, 11) is -4.94. The predicted molar refractivity (Wildman–Crippen MR) is 74.9 cm³/mol. The Morgan fingerprint density at radius 2 is 1.57 bits per heavy atom. The van der Waals surface area contributed by atoms with Gasteiger partial charge in [-0.15, -0.1) is 10.2 Å². The molecule has 0 saturated carbocycles. The van der Waals surface area contributed by atoms with Gasteiger partial charge in [0.05, 0.1) is 0 Å². The molecule has 23 heavy (non-hydrogen) atoms. The van der Waals surface area contributed by atoms with E-state index in [2.05, 4.69) is 58.9 Å². The summed E-state index contributed by atoms with van der Waals surface area (Å²) < 4.78 is 36.2. The molecule has 6 nitrogen and oxygen atoms in total. The van der Waals surface area contributed by atoms with E-state index in [-0.39, 0.29) is 0 Å². The molecule has 0 unspecified atom stereocenters. The van der Waals surface area contributed by atoms with Crippen LogP contribution in [0.2, 0.25) is 0 Å². The van der Waals surface area contributed by atoms with Crippen molar-refractivity contribution < 1.29 is 33.3 Å². The molecule has 8 heteroatoms. The smallest absolute Gasteiger partial charge is 0.222 e. The number of halogens is 1. The van der Waals surface area contributed by atoms with E-state index in [4.69, 9.17) is 18.6 Å². The lowest BCUT2D eigenvalue weighted by atomic mass is 10.1. The van der Waals surface area contributed by atoms with Crippen LogP contribution >= 0.6 is 11.3 Å². The van der Waals surface area contributed by atoms with Crippen LogP contribution < -0.4 is 23.0 Å². The van der Waals surface area contributed by atoms with Crippen molar-refractivity contribution in [3.05, 3.63) is 52.7 Å². The average Bonchev–Trinajstić information content (AvgIpc) is 2.81. The molecule has 0 N–H and O–H groups in total. The molecular weight excluding hydrogens is 340 g/mol. The first-order chi connectivity index (χ1) is 10.6. The van der Waals surface area contributed by atoms with Crippen LogP contribution in [0, 0.1) is 31.0 Å². The highest BCUT2D eigenvalue weighted by molar-refractivity contribution is 7.14. The largest absolute Gasteiger partial charge is 0.387 e. The molecule has 3 aromatic rings. The summed E-state index contributed by atoms with van der Waals surface area (Å²) in [4.78, 5) is 5.64. The molecule has 0 aliphatic rings. The predicted octanol–water partition coefficient (Wildman–Crippen LogP) is -1.28. The third-order valence-corrected chi connectivity index (χ3v) is 3.92. The Labute approximate surface area is 139 Å². The number of aryl methyl sites for hydroxylation is 3. The maximum Gasteiger partial charge on any atom is 0.387 e. The number of rotatable bonds is 1. The summed E-state index contributed by atoms with van der Waals surface area (Å²) in [5.41, 5.74) is 6.05. The molecule has 0 amide bonds. The molecule has 0 aliphatic carbocycles. The van der Waals surface area contributed by atoms with Gasteiger partial charge in [0.1, 0.15) is 5.69 Å². The minimum atomic E-state index is -4.94. The van der Waals surface area contributed by atoms with Crippen LogP contribution in [0.5, 0.6) is 0 Å². The van der Waals surface area contributed by atoms with Crippen molar-refractivity contribution in [2.75, 3.05) is 0 Å². The van der Waals surface area contributed by atoms with Crippen molar-refractivity contribution in [3.63, 3.8) is 0 Å². The van der Waals surface area contributed by atoms with Crippen LogP contribution in [0.4, 0.5) is 0 Å². The first kappa shape index (κ1) is 17.7. The van der Waals surface area contributed by atoms with Crippen LogP contribution in [0.1, 0.15) is 17.0 Å². The van der Waals surface area contributed by atoms with Crippen LogP contribution in [0.25, 0.3) is 16.2 Å². The second kappa shape index (κ2) is 6.88. The fraction of sp³-hybridized carbons (Fsp3) is 0.200.